The lowest BCUT2D eigenvalue weighted by molar-refractivity contribution is -0.384. The second-order valence-corrected chi connectivity index (χ2v) is 7.68. The van der Waals surface area contributed by atoms with Gasteiger partial charge in [0.15, 0.2) is 0 Å². The SMILES string of the molecule is COC(=O)c1cc([N+](=O)[O-])c(N2CCN(c3nccc(C(F)(F)F)n3)C(C(C)C)C2=O)cc1F. The Balaban J connectivity index is 2.04. The predicted octanol–water partition coefficient (Wildman–Crippen LogP) is 3.21. The number of nitro benzene ring substituents is 1. The van der Waals surface area contributed by atoms with Gasteiger partial charge in [-0.1, -0.05) is 13.8 Å². The van der Waals surface area contributed by atoms with E-state index < -0.39 is 63.4 Å². The van der Waals surface area contributed by atoms with Crippen molar-refractivity contribution in [3.05, 3.63) is 51.6 Å². The van der Waals surface area contributed by atoms with Gasteiger partial charge in [0, 0.05) is 31.4 Å². The Hall–Kier alpha value is -3.84. The van der Waals surface area contributed by atoms with E-state index in [0.717, 1.165) is 18.2 Å². The average Bonchev–Trinajstić information content (AvgIpc) is 2.77. The van der Waals surface area contributed by atoms with Crippen LogP contribution in [0.15, 0.2) is 24.4 Å². The number of benzene rings is 1. The summed E-state index contributed by atoms with van der Waals surface area (Å²) in [7, 11) is 0.980. The van der Waals surface area contributed by atoms with Gasteiger partial charge in [0.25, 0.3) is 5.69 Å². The Morgan fingerprint density at radius 3 is 2.53 bits per heavy atom. The summed E-state index contributed by atoms with van der Waals surface area (Å²) in [6.07, 6.45) is -3.80. The van der Waals surface area contributed by atoms with Gasteiger partial charge >= 0.3 is 12.1 Å². The number of halogens is 4. The number of methoxy groups -OCH3 is 1. The molecule has 10 nitrogen and oxygen atoms in total. The summed E-state index contributed by atoms with van der Waals surface area (Å²) in [6, 6.07) is 0.966. The number of carbonyl (C=O) groups is 2. The molecule has 1 fully saturated rings. The number of aromatic nitrogens is 2. The van der Waals surface area contributed by atoms with E-state index in [2.05, 4.69) is 14.7 Å². The Labute approximate surface area is 190 Å². The van der Waals surface area contributed by atoms with Gasteiger partial charge in [-0.05, 0) is 12.0 Å². The first-order valence-electron chi connectivity index (χ1n) is 9.91. The van der Waals surface area contributed by atoms with E-state index in [9.17, 15) is 37.3 Å². The van der Waals surface area contributed by atoms with Crippen LogP contribution in [0.2, 0.25) is 0 Å². The van der Waals surface area contributed by atoms with Gasteiger partial charge in [-0.3, -0.25) is 14.9 Å². The summed E-state index contributed by atoms with van der Waals surface area (Å²) < 4.78 is 58.3. The first-order valence-corrected chi connectivity index (χ1v) is 9.91. The van der Waals surface area contributed by atoms with Crippen molar-refractivity contribution < 1.29 is 36.8 Å². The molecule has 0 aliphatic carbocycles. The van der Waals surface area contributed by atoms with Gasteiger partial charge in [-0.15, -0.1) is 0 Å². The van der Waals surface area contributed by atoms with Crippen LogP contribution in [0.5, 0.6) is 0 Å². The molecule has 14 heteroatoms. The van der Waals surface area contributed by atoms with Crippen molar-refractivity contribution in [2.75, 3.05) is 30.0 Å². The maximum absolute atomic E-state index is 14.6. The third-order valence-electron chi connectivity index (χ3n) is 5.20. The van der Waals surface area contributed by atoms with E-state index >= 15 is 0 Å². The minimum absolute atomic E-state index is 0.0899. The van der Waals surface area contributed by atoms with Crippen molar-refractivity contribution in [3.8, 4) is 0 Å². The summed E-state index contributed by atoms with van der Waals surface area (Å²) in [4.78, 5) is 45.5. The summed E-state index contributed by atoms with van der Waals surface area (Å²) >= 11 is 0. The van der Waals surface area contributed by atoms with Gasteiger partial charge in [0.2, 0.25) is 11.9 Å². The number of nitro groups is 1. The number of hydrogen-bond donors (Lipinski definition) is 0. The van der Waals surface area contributed by atoms with Gasteiger partial charge < -0.3 is 14.5 Å². The maximum atomic E-state index is 14.6. The van der Waals surface area contributed by atoms with Crippen molar-refractivity contribution in [2.45, 2.75) is 26.1 Å². The first kappa shape index (κ1) is 24.8. The van der Waals surface area contributed by atoms with E-state index in [0.29, 0.717) is 18.2 Å². The molecule has 182 valence electrons. The van der Waals surface area contributed by atoms with Crippen LogP contribution in [0.4, 0.5) is 34.9 Å². The molecule has 0 bridgehead atoms. The van der Waals surface area contributed by atoms with Crippen molar-refractivity contribution >= 4 is 29.2 Å². The Kier molecular flexibility index (Phi) is 6.70. The zero-order valence-electron chi connectivity index (χ0n) is 18.2. The number of hydrogen-bond acceptors (Lipinski definition) is 8. The number of piperazine rings is 1. The van der Waals surface area contributed by atoms with E-state index in [1.807, 2.05) is 0 Å². The topological polar surface area (TPSA) is 119 Å². The summed E-state index contributed by atoms with van der Waals surface area (Å²) in [5.74, 6) is -3.81. The minimum atomic E-state index is -4.73. The lowest BCUT2D eigenvalue weighted by atomic mass is 9.98. The Morgan fingerprint density at radius 2 is 1.97 bits per heavy atom. The van der Waals surface area contributed by atoms with Crippen LogP contribution in [0, 0.1) is 21.8 Å². The summed E-state index contributed by atoms with van der Waals surface area (Å²) in [5.41, 5.74) is -2.97. The van der Waals surface area contributed by atoms with Crippen LogP contribution in [-0.2, 0) is 15.7 Å². The predicted molar refractivity (Wildman–Crippen MR) is 110 cm³/mol. The lowest BCUT2D eigenvalue weighted by Gasteiger charge is -2.42. The molecule has 0 N–H and O–H groups in total. The zero-order valence-corrected chi connectivity index (χ0v) is 18.2. The smallest absolute Gasteiger partial charge is 0.433 e. The van der Waals surface area contributed by atoms with Crippen LogP contribution >= 0.6 is 0 Å². The number of esters is 1. The molecule has 3 rings (SSSR count). The standard InChI is InChI=1S/C20H19F4N5O5/c1-10(2)16-17(30)27(6-7-28(16)19-25-5-4-15(26-19)20(22,23)24)13-9-12(21)11(18(31)34-3)8-14(13)29(32)33/h4-5,8-10,16H,6-7H2,1-3H3. The Morgan fingerprint density at radius 1 is 1.29 bits per heavy atom. The molecule has 1 saturated heterocycles. The molecule has 0 saturated carbocycles. The normalized spacial score (nSPS) is 16.7. The quantitative estimate of drug-likeness (QED) is 0.274. The number of anilines is 2. The van der Waals surface area contributed by atoms with Crippen LogP contribution in [0.25, 0.3) is 0 Å². The maximum Gasteiger partial charge on any atom is 0.433 e. The second-order valence-electron chi connectivity index (χ2n) is 7.68. The molecule has 0 radical (unpaired) electrons. The third kappa shape index (κ3) is 4.61. The molecular formula is C20H19F4N5O5. The van der Waals surface area contributed by atoms with E-state index in [-0.39, 0.29) is 19.0 Å². The molecule has 0 spiro atoms. The van der Waals surface area contributed by atoms with Crippen LogP contribution in [0.3, 0.4) is 0 Å². The molecule has 1 aliphatic rings. The van der Waals surface area contributed by atoms with Gasteiger partial charge in [0.05, 0.1) is 12.0 Å². The van der Waals surface area contributed by atoms with Gasteiger partial charge in [-0.25, -0.2) is 19.2 Å². The van der Waals surface area contributed by atoms with E-state index in [4.69, 9.17) is 0 Å². The van der Waals surface area contributed by atoms with Gasteiger partial charge in [-0.2, -0.15) is 13.2 Å². The monoisotopic (exact) mass is 485 g/mol. The lowest BCUT2D eigenvalue weighted by Crippen LogP contribution is -2.60. The molecule has 1 unspecified atom stereocenters. The number of amides is 1. The van der Waals surface area contributed by atoms with Crippen molar-refractivity contribution in [3.63, 3.8) is 0 Å². The average molecular weight is 485 g/mol. The molecule has 1 aromatic heterocycles. The van der Waals surface area contributed by atoms with E-state index in [1.54, 1.807) is 13.8 Å². The molecule has 2 heterocycles. The first-order chi connectivity index (χ1) is 15.9. The van der Waals surface area contributed by atoms with Crippen LogP contribution < -0.4 is 9.80 Å². The molecule has 2 aromatic rings. The fraction of sp³-hybridized carbons (Fsp3) is 0.400. The molecule has 34 heavy (non-hydrogen) atoms. The number of ether oxygens (including phenoxy) is 1. The summed E-state index contributed by atoms with van der Waals surface area (Å²) in [6.45, 7) is 2.93. The van der Waals surface area contributed by atoms with Gasteiger partial charge in [0.1, 0.15) is 28.8 Å². The van der Waals surface area contributed by atoms with E-state index in [1.165, 1.54) is 4.90 Å². The second kappa shape index (κ2) is 9.19. The Bertz CT molecular complexity index is 1140. The molecular weight excluding hydrogens is 466 g/mol. The highest BCUT2D eigenvalue weighted by molar-refractivity contribution is 6.03. The van der Waals surface area contributed by atoms with Crippen molar-refractivity contribution in [1.29, 1.82) is 0 Å². The number of alkyl halides is 3. The fourth-order valence-corrected chi connectivity index (χ4v) is 3.68. The highest BCUT2D eigenvalue weighted by atomic mass is 19.4. The number of rotatable bonds is 5. The fourth-order valence-electron chi connectivity index (χ4n) is 3.68. The zero-order chi connectivity index (χ0) is 25.4. The van der Waals surface area contributed by atoms with Crippen molar-refractivity contribution in [2.24, 2.45) is 5.92 Å². The highest BCUT2D eigenvalue weighted by Gasteiger charge is 2.42. The number of nitrogens with zero attached hydrogens (tertiary/aromatic N) is 5. The highest BCUT2D eigenvalue weighted by Crippen LogP contribution is 2.35. The molecule has 1 aliphatic heterocycles. The third-order valence-corrected chi connectivity index (χ3v) is 5.20. The molecule has 1 aromatic carbocycles. The largest absolute Gasteiger partial charge is 0.465 e. The molecule has 1 amide bonds. The van der Waals surface area contributed by atoms with Crippen LogP contribution in [-0.4, -0.2) is 53.0 Å². The van der Waals surface area contributed by atoms with Crippen LogP contribution in [0.1, 0.15) is 29.9 Å². The molecule has 1 atom stereocenters. The minimum Gasteiger partial charge on any atom is -0.465 e. The number of carbonyl (C=O) groups excluding carboxylic acids is 2. The van der Waals surface area contributed by atoms with Crippen molar-refractivity contribution in [1.82, 2.24) is 9.97 Å². The summed E-state index contributed by atoms with van der Waals surface area (Å²) in [5, 5.41) is 11.6.